The first-order chi connectivity index (χ1) is 14.8. The largest absolute Gasteiger partial charge is 0.364 e. The highest BCUT2D eigenvalue weighted by molar-refractivity contribution is 6.31. The molecule has 0 spiro atoms. The Labute approximate surface area is 182 Å². The molecule has 1 aromatic carbocycles. The molecule has 8 heteroatoms. The van der Waals surface area contributed by atoms with E-state index in [1.807, 2.05) is 0 Å². The normalized spacial score (nSPS) is 21.4. The molecule has 1 aliphatic rings. The number of carbonyl (C=O) groups is 1. The van der Waals surface area contributed by atoms with Gasteiger partial charge in [0.05, 0.1) is 15.9 Å². The van der Waals surface area contributed by atoms with Gasteiger partial charge in [-0.1, -0.05) is 31.0 Å². The maximum Gasteiger partial charge on any atom is 0.268 e. The van der Waals surface area contributed by atoms with Crippen LogP contribution in [0, 0.1) is 17.6 Å². The van der Waals surface area contributed by atoms with Crippen LogP contribution in [0.1, 0.15) is 66.2 Å². The summed E-state index contributed by atoms with van der Waals surface area (Å²) >= 11 is 6.21. The summed E-state index contributed by atoms with van der Waals surface area (Å²) in [6, 6.07) is 5.69. The van der Waals surface area contributed by atoms with Gasteiger partial charge < -0.3 is 10.7 Å². The van der Waals surface area contributed by atoms with Crippen LogP contribution in [0.5, 0.6) is 0 Å². The number of benzene rings is 1. The van der Waals surface area contributed by atoms with Crippen LogP contribution in [0.3, 0.4) is 0 Å². The minimum atomic E-state index is -1.05. The third-order valence-electron chi connectivity index (χ3n) is 6.40. The lowest BCUT2D eigenvalue weighted by Crippen LogP contribution is -2.25. The summed E-state index contributed by atoms with van der Waals surface area (Å²) in [5.41, 5.74) is 6.58. The molecular formula is C23H22ClF2N3O2. The van der Waals surface area contributed by atoms with Gasteiger partial charge in [0.25, 0.3) is 5.91 Å². The smallest absolute Gasteiger partial charge is 0.268 e. The summed E-state index contributed by atoms with van der Waals surface area (Å²) < 4.78 is 27.9. The number of pyridine rings is 2. The molecule has 3 N–H and O–H groups in total. The monoisotopic (exact) mass is 445 g/mol. The number of nitrogens with two attached hydrogens (primary N) is 1. The second-order valence-corrected chi connectivity index (χ2v) is 8.48. The van der Waals surface area contributed by atoms with Crippen LogP contribution in [0.2, 0.25) is 5.02 Å². The van der Waals surface area contributed by atoms with Gasteiger partial charge >= 0.3 is 0 Å². The molecule has 2 heterocycles. The Bertz CT molecular complexity index is 1230. The fraction of sp³-hybridized carbons (Fsp3) is 0.348. The molecule has 4 rings (SSSR count). The Morgan fingerprint density at radius 1 is 1.26 bits per heavy atom. The van der Waals surface area contributed by atoms with Crippen molar-refractivity contribution < 1.29 is 13.6 Å². The second-order valence-electron chi connectivity index (χ2n) is 8.10. The van der Waals surface area contributed by atoms with Crippen molar-refractivity contribution in [3.8, 4) is 0 Å². The number of fused-ring (bicyclic) bond motifs is 1. The van der Waals surface area contributed by atoms with Crippen LogP contribution in [-0.4, -0.2) is 15.9 Å². The fourth-order valence-corrected chi connectivity index (χ4v) is 5.07. The number of hydrogen-bond donors (Lipinski definition) is 2. The highest BCUT2D eigenvalue weighted by Gasteiger charge is 2.35. The Balaban J connectivity index is 1.85. The van der Waals surface area contributed by atoms with Gasteiger partial charge in [0.15, 0.2) is 17.1 Å². The summed E-state index contributed by atoms with van der Waals surface area (Å²) in [6.45, 7) is 2.10. The van der Waals surface area contributed by atoms with Crippen molar-refractivity contribution in [3.63, 3.8) is 0 Å². The number of halogens is 3. The maximum atomic E-state index is 14.2. The van der Waals surface area contributed by atoms with Gasteiger partial charge in [0.1, 0.15) is 5.69 Å². The Morgan fingerprint density at radius 3 is 2.74 bits per heavy atom. The lowest BCUT2D eigenvalue weighted by molar-refractivity contribution is 0.0997. The number of nitrogens with zero attached hydrogens (tertiary/aromatic N) is 1. The van der Waals surface area contributed by atoms with Crippen molar-refractivity contribution in [2.45, 2.75) is 44.4 Å². The standard InChI is InChI=1S/C23H22ClF2N3O2/c1-2-11-3-4-12(14(9-11)13-5-6-15(25)21(26)20(13)24)17-10-18(30)19-16(29-17)7-8-28-22(19)23(27)31/h5-8,10-12,14H,2-4,9H2,1H3,(H2,27,31)(H,29,30)/t11-,12?,14?/m1/s1. The number of amides is 1. The lowest BCUT2D eigenvalue weighted by Gasteiger charge is -2.37. The molecule has 5 nitrogen and oxygen atoms in total. The zero-order valence-electron chi connectivity index (χ0n) is 16.9. The van der Waals surface area contributed by atoms with Crippen molar-refractivity contribution in [1.82, 2.24) is 9.97 Å². The van der Waals surface area contributed by atoms with Crippen LogP contribution >= 0.6 is 11.6 Å². The summed E-state index contributed by atoms with van der Waals surface area (Å²) in [7, 11) is 0. The molecule has 1 amide bonds. The molecule has 3 aromatic rings. The van der Waals surface area contributed by atoms with E-state index >= 15 is 0 Å². The third kappa shape index (κ3) is 3.83. The van der Waals surface area contributed by atoms with E-state index in [4.69, 9.17) is 17.3 Å². The van der Waals surface area contributed by atoms with Crippen LogP contribution in [0.15, 0.2) is 35.3 Å². The number of aromatic amines is 1. The average molecular weight is 446 g/mol. The number of aromatic nitrogens is 2. The molecule has 162 valence electrons. The van der Waals surface area contributed by atoms with Crippen molar-refractivity contribution in [1.29, 1.82) is 0 Å². The Hall–Kier alpha value is -2.80. The van der Waals surface area contributed by atoms with E-state index in [1.165, 1.54) is 18.3 Å². The molecule has 1 aliphatic carbocycles. The second kappa shape index (κ2) is 8.38. The highest BCUT2D eigenvalue weighted by atomic mass is 35.5. The van der Waals surface area contributed by atoms with Crippen LogP contribution in [0.4, 0.5) is 8.78 Å². The van der Waals surface area contributed by atoms with E-state index < -0.39 is 17.5 Å². The van der Waals surface area contributed by atoms with Gasteiger partial charge in [-0.3, -0.25) is 14.6 Å². The number of rotatable bonds is 4. The first-order valence-electron chi connectivity index (χ1n) is 10.3. The van der Waals surface area contributed by atoms with E-state index in [1.54, 1.807) is 6.07 Å². The first kappa shape index (κ1) is 21.4. The Kier molecular flexibility index (Phi) is 5.79. The van der Waals surface area contributed by atoms with Crippen molar-refractivity contribution in [2.75, 3.05) is 0 Å². The van der Waals surface area contributed by atoms with Crippen LogP contribution < -0.4 is 11.2 Å². The molecule has 0 bridgehead atoms. The summed E-state index contributed by atoms with van der Waals surface area (Å²) in [6.07, 6.45) is 4.83. The molecular weight excluding hydrogens is 424 g/mol. The molecule has 0 saturated heterocycles. The van der Waals surface area contributed by atoms with Gasteiger partial charge in [0, 0.05) is 23.9 Å². The predicted molar refractivity (Wildman–Crippen MR) is 115 cm³/mol. The van der Waals surface area contributed by atoms with Gasteiger partial charge in [-0.05, 0) is 48.8 Å². The maximum absolute atomic E-state index is 14.2. The summed E-state index contributed by atoms with van der Waals surface area (Å²) in [4.78, 5) is 31.8. The van der Waals surface area contributed by atoms with Gasteiger partial charge in [-0.15, -0.1) is 0 Å². The predicted octanol–water partition coefficient (Wildman–Crippen LogP) is 5.03. The van der Waals surface area contributed by atoms with E-state index in [2.05, 4.69) is 16.9 Å². The molecule has 2 aromatic heterocycles. The lowest BCUT2D eigenvalue weighted by atomic mass is 9.69. The number of primary amides is 1. The number of nitrogens with one attached hydrogen (secondary N) is 1. The molecule has 0 radical (unpaired) electrons. The molecule has 2 unspecified atom stereocenters. The average Bonchev–Trinajstić information content (AvgIpc) is 2.76. The van der Waals surface area contributed by atoms with Crippen molar-refractivity contribution in [2.24, 2.45) is 11.7 Å². The molecule has 1 saturated carbocycles. The quantitative estimate of drug-likeness (QED) is 0.552. The molecule has 31 heavy (non-hydrogen) atoms. The van der Waals surface area contributed by atoms with E-state index in [9.17, 15) is 18.4 Å². The van der Waals surface area contributed by atoms with E-state index in [0.29, 0.717) is 22.7 Å². The summed E-state index contributed by atoms with van der Waals surface area (Å²) in [5.74, 6) is -2.74. The van der Waals surface area contributed by atoms with Gasteiger partial charge in [-0.25, -0.2) is 8.78 Å². The zero-order chi connectivity index (χ0) is 22.3. The SMILES string of the molecule is CC[C@@H]1CCC(c2cc(=O)c3c(C(N)=O)nccc3[nH]2)C(c2ccc(F)c(F)c2Cl)C1. The number of H-pyrrole nitrogens is 1. The minimum absolute atomic E-state index is 0.0832. The van der Waals surface area contributed by atoms with Crippen LogP contribution in [-0.2, 0) is 0 Å². The fourth-order valence-electron chi connectivity index (χ4n) is 4.78. The van der Waals surface area contributed by atoms with Gasteiger partial charge in [-0.2, -0.15) is 0 Å². The highest BCUT2D eigenvalue weighted by Crippen LogP contribution is 2.48. The summed E-state index contributed by atoms with van der Waals surface area (Å²) in [5, 5.41) is -0.0708. The molecule has 1 fully saturated rings. The van der Waals surface area contributed by atoms with E-state index in [-0.39, 0.29) is 33.4 Å². The Morgan fingerprint density at radius 2 is 2.03 bits per heavy atom. The van der Waals surface area contributed by atoms with Crippen molar-refractivity contribution in [3.05, 3.63) is 74.3 Å². The van der Waals surface area contributed by atoms with Crippen molar-refractivity contribution >= 4 is 28.4 Å². The molecule has 0 aliphatic heterocycles. The molecule has 3 atom stereocenters. The van der Waals surface area contributed by atoms with E-state index in [0.717, 1.165) is 31.7 Å². The number of carbonyl (C=O) groups excluding carboxylic acids is 1. The van der Waals surface area contributed by atoms with Gasteiger partial charge in [0.2, 0.25) is 0 Å². The number of hydrogen-bond acceptors (Lipinski definition) is 3. The minimum Gasteiger partial charge on any atom is -0.364 e. The van der Waals surface area contributed by atoms with Crippen LogP contribution in [0.25, 0.3) is 10.9 Å². The first-order valence-corrected chi connectivity index (χ1v) is 10.6. The topological polar surface area (TPSA) is 88.8 Å². The zero-order valence-corrected chi connectivity index (χ0v) is 17.7. The third-order valence-corrected chi connectivity index (χ3v) is 6.78.